The third-order valence-corrected chi connectivity index (χ3v) is 6.51. The lowest BCUT2D eigenvalue weighted by molar-refractivity contribution is -0.139. The molecule has 3 N–H and O–H groups in total. The van der Waals surface area contributed by atoms with Crippen LogP contribution in [-0.4, -0.2) is 35.3 Å². The molecular formula is C28H31N3O2. The molecule has 0 spiro atoms. The minimum absolute atomic E-state index is 0.118. The molecule has 2 amide bonds. The maximum atomic E-state index is 13.6. The van der Waals surface area contributed by atoms with E-state index >= 15 is 0 Å². The van der Waals surface area contributed by atoms with E-state index in [-0.39, 0.29) is 17.7 Å². The van der Waals surface area contributed by atoms with Gasteiger partial charge >= 0.3 is 0 Å². The summed E-state index contributed by atoms with van der Waals surface area (Å²) in [5.74, 6) is -0.579. The molecule has 0 aromatic heterocycles. The Bertz CT molecular complexity index is 1050. The molecule has 1 saturated heterocycles. The summed E-state index contributed by atoms with van der Waals surface area (Å²) in [7, 11) is 0. The monoisotopic (exact) mass is 441 g/mol. The van der Waals surface area contributed by atoms with Crippen molar-refractivity contribution in [2.75, 3.05) is 6.54 Å². The number of benzene rings is 3. The van der Waals surface area contributed by atoms with Gasteiger partial charge < -0.3 is 16.0 Å². The molecule has 3 aromatic rings. The number of nitrogens with one attached hydrogen (secondary N) is 1. The number of amides is 2. The fraction of sp³-hybridized carbons (Fsp3) is 0.286. The van der Waals surface area contributed by atoms with Crippen LogP contribution in [0.25, 0.3) is 0 Å². The van der Waals surface area contributed by atoms with Crippen molar-refractivity contribution in [1.82, 2.24) is 10.2 Å². The molecule has 5 heteroatoms. The number of hydrogen-bond acceptors (Lipinski definition) is 3. The summed E-state index contributed by atoms with van der Waals surface area (Å²) >= 11 is 0. The predicted octanol–water partition coefficient (Wildman–Crippen LogP) is 3.76. The smallest absolute Gasteiger partial charge is 0.243 e. The first kappa shape index (κ1) is 22.7. The second-order valence-electron chi connectivity index (χ2n) is 8.66. The number of nitrogens with zero attached hydrogens (tertiary/aromatic N) is 1. The molecule has 0 bridgehead atoms. The van der Waals surface area contributed by atoms with Crippen molar-refractivity contribution in [3.05, 3.63) is 107 Å². The van der Waals surface area contributed by atoms with E-state index in [1.165, 1.54) is 0 Å². The van der Waals surface area contributed by atoms with Gasteiger partial charge in [-0.15, -0.1) is 0 Å². The van der Waals surface area contributed by atoms with Crippen LogP contribution in [0.2, 0.25) is 0 Å². The lowest BCUT2D eigenvalue weighted by Gasteiger charge is -2.31. The first-order valence-corrected chi connectivity index (χ1v) is 11.5. The van der Waals surface area contributed by atoms with Crippen molar-refractivity contribution in [3.63, 3.8) is 0 Å². The van der Waals surface area contributed by atoms with Crippen LogP contribution in [0.1, 0.15) is 41.0 Å². The van der Waals surface area contributed by atoms with Gasteiger partial charge in [0.05, 0.1) is 6.04 Å². The van der Waals surface area contributed by atoms with Gasteiger partial charge in [0.2, 0.25) is 11.8 Å². The molecule has 1 aliphatic rings. The van der Waals surface area contributed by atoms with Gasteiger partial charge in [0.15, 0.2) is 0 Å². The molecule has 0 radical (unpaired) electrons. The van der Waals surface area contributed by atoms with E-state index in [1.807, 2.05) is 91.9 Å². The summed E-state index contributed by atoms with van der Waals surface area (Å²) < 4.78 is 0. The van der Waals surface area contributed by atoms with Crippen LogP contribution >= 0.6 is 0 Å². The van der Waals surface area contributed by atoms with Gasteiger partial charge in [0.25, 0.3) is 0 Å². The number of rotatable bonds is 7. The van der Waals surface area contributed by atoms with Gasteiger partial charge in [-0.3, -0.25) is 9.59 Å². The highest BCUT2D eigenvalue weighted by atomic mass is 16.2. The standard InChI is InChI=1S/C28H31N3O2/c1-20-11-8-9-16-23(20)19-30-27(32)24-17-10-18-31(24)28(33)26(29)25(21-12-4-2-5-13-21)22-14-6-3-7-15-22/h2-9,11-16,24-26H,10,17-19,29H2,1H3,(H,30,32)/t24-,26+/m0/s1. The molecular weight excluding hydrogens is 410 g/mol. The van der Waals surface area contributed by atoms with Gasteiger partial charge in [-0.1, -0.05) is 84.9 Å². The third-order valence-electron chi connectivity index (χ3n) is 6.51. The Morgan fingerprint density at radius 1 is 0.939 bits per heavy atom. The van der Waals surface area contributed by atoms with Crippen molar-refractivity contribution in [2.24, 2.45) is 5.73 Å². The fourth-order valence-corrected chi connectivity index (χ4v) is 4.67. The number of carbonyl (C=O) groups is 2. The molecule has 1 aliphatic heterocycles. The van der Waals surface area contributed by atoms with E-state index in [1.54, 1.807) is 4.90 Å². The van der Waals surface area contributed by atoms with Crippen molar-refractivity contribution in [1.29, 1.82) is 0 Å². The average Bonchev–Trinajstić information content (AvgIpc) is 3.34. The van der Waals surface area contributed by atoms with Crippen molar-refractivity contribution >= 4 is 11.8 Å². The molecule has 4 rings (SSSR count). The second kappa shape index (κ2) is 10.5. The third kappa shape index (κ3) is 5.15. The Morgan fingerprint density at radius 2 is 1.52 bits per heavy atom. The van der Waals surface area contributed by atoms with Crippen LogP contribution < -0.4 is 11.1 Å². The normalized spacial score (nSPS) is 16.6. The zero-order valence-corrected chi connectivity index (χ0v) is 19.0. The summed E-state index contributed by atoms with van der Waals surface area (Å²) in [6, 6.07) is 26.5. The molecule has 1 heterocycles. The first-order chi connectivity index (χ1) is 16.1. The summed E-state index contributed by atoms with van der Waals surface area (Å²) in [5.41, 5.74) is 10.8. The Balaban J connectivity index is 1.51. The highest BCUT2D eigenvalue weighted by Gasteiger charge is 2.39. The SMILES string of the molecule is Cc1ccccc1CNC(=O)[C@@H]1CCCN1C(=O)[C@H](N)C(c1ccccc1)c1ccccc1. The molecule has 1 fully saturated rings. The Morgan fingerprint density at radius 3 is 2.12 bits per heavy atom. The number of likely N-dealkylation sites (tertiary alicyclic amines) is 1. The van der Waals surface area contributed by atoms with Crippen molar-refractivity contribution in [3.8, 4) is 0 Å². The minimum atomic E-state index is -0.778. The minimum Gasteiger partial charge on any atom is -0.350 e. The van der Waals surface area contributed by atoms with E-state index < -0.39 is 12.1 Å². The Kier molecular flexibility index (Phi) is 7.20. The van der Waals surface area contributed by atoms with Gasteiger partial charge in [-0.25, -0.2) is 0 Å². The van der Waals surface area contributed by atoms with Crippen LogP contribution in [0.3, 0.4) is 0 Å². The number of hydrogen-bond donors (Lipinski definition) is 2. The van der Waals surface area contributed by atoms with E-state index in [0.29, 0.717) is 19.5 Å². The van der Waals surface area contributed by atoms with Crippen LogP contribution in [-0.2, 0) is 16.1 Å². The molecule has 5 nitrogen and oxygen atoms in total. The summed E-state index contributed by atoms with van der Waals surface area (Å²) in [4.78, 5) is 28.3. The number of carbonyl (C=O) groups excluding carboxylic acids is 2. The van der Waals surface area contributed by atoms with Gasteiger partial charge in [0, 0.05) is 19.0 Å². The van der Waals surface area contributed by atoms with Gasteiger partial charge in [-0.05, 0) is 42.0 Å². The lowest BCUT2D eigenvalue weighted by Crippen LogP contribution is -2.52. The Hall–Kier alpha value is -3.44. The predicted molar refractivity (Wildman–Crippen MR) is 130 cm³/mol. The maximum absolute atomic E-state index is 13.6. The molecule has 170 valence electrons. The van der Waals surface area contributed by atoms with E-state index in [2.05, 4.69) is 5.32 Å². The van der Waals surface area contributed by atoms with Crippen LogP contribution in [0.5, 0.6) is 0 Å². The largest absolute Gasteiger partial charge is 0.350 e. The van der Waals surface area contributed by atoms with Crippen molar-refractivity contribution < 1.29 is 9.59 Å². The molecule has 2 atom stereocenters. The van der Waals surface area contributed by atoms with Crippen LogP contribution in [0.4, 0.5) is 0 Å². The molecule has 0 aliphatic carbocycles. The highest BCUT2D eigenvalue weighted by molar-refractivity contribution is 5.91. The van der Waals surface area contributed by atoms with E-state index in [9.17, 15) is 9.59 Å². The second-order valence-corrected chi connectivity index (χ2v) is 8.66. The van der Waals surface area contributed by atoms with Gasteiger partial charge in [-0.2, -0.15) is 0 Å². The molecule has 3 aromatic carbocycles. The van der Waals surface area contributed by atoms with Crippen molar-refractivity contribution in [2.45, 2.75) is 44.3 Å². The summed E-state index contributed by atoms with van der Waals surface area (Å²) in [5, 5.41) is 3.02. The molecule has 0 saturated carbocycles. The zero-order chi connectivity index (χ0) is 23.2. The Labute approximate surface area is 195 Å². The summed E-state index contributed by atoms with van der Waals surface area (Å²) in [6.45, 7) is 3.03. The molecule has 33 heavy (non-hydrogen) atoms. The topological polar surface area (TPSA) is 75.4 Å². The van der Waals surface area contributed by atoms with E-state index in [0.717, 1.165) is 28.7 Å². The fourth-order valence-electron chi connectivity index (χ4n) is 4.67. The van der Waals surface area contributed by atoms with Crippen LogP contribution in [0, 0.1) is 6.92 Å². The van der Waals surface area contributed by atoms with Gasteiger partial charge in [0.1, 0.15) is 6.04 Å². The summed E-state index contributed by atoms with van der Waals surface area (Å²) in [6.07, 6.45) is 1.45. The number of nitrogens with two attached hydrogens (primary N) is 1. The van der Waals surface area contributed by atoms with Crippen LogP contribution in [0.15, 0.2) is 84.9 Å². The quantitative estimate of drug-likeness (QED) is 0.586. The molecule has 0 unspecified atom stereocenters. The number of aryl methyl sites for hydroxylation is 1. The average molecular weight is 442 g/mol. The van der Waals surface area contributed by atoms with E-state index in [4.69, 9.17) is 5.73 Å². The first-order valence-electron chi connectivity index (χ1n) is 11.5. The highest BCUT2D eigenvalue weighted by Crippen LogP contribution is 2.30. The zero-order valence-electron chi connectivity index (χ0n) is 19.0. The lowest BCUT2D eigenvalue weighted by atomic mass is 9.84. The maximum Gasteiger partial charge on any atom is 0.243 e.